The average Bonchev–Trinajstić information content (AvgIpc) is 2.46. The van der Waals surface area contributed by atoms with Crippen molar-refractivity contribution in [2.24, 2.45) is 11.5 Å². The number of ether oxygens (including phenoxy) is 1. The molecule has 0 fully saturated rings. The summed E-state index contributed by atoms with van der Waals surface area (Å²) in [6.45, 7) is 5.32. The van der Waals surface area contributed by atoms with E-state index in [1.165, 1.54) is 14.0 Å². The van der Waals surface area contributed by atoms with E-state index in [1.54, 1.807) is 0 Å². The van der Waals surface area contributed by atoms with Gasteiger partial charge in [-0.25, -0.2) is 8.78 Å². The van der Waals surface area contributed by atoms with Crippen LogP contribution in [-0.4, -0.2) is 30.1 Å². The Hall–Kier alpha value is -2.22. The lowest BCUT2D eigenvalue weighted by atomic mass is 9.97. The molecule has 0 heterocycles. The van der Waals surface area contributed by atoms with Gasteiger partial charge in [0, 0.05) is 17.5 Å². The number of aliphatic carboxylic acids is 1. The van der Waals surface area contributed by atoms with Gasteiger partial charge in [0.25, 0.3) is 5.91 Å². The van der Waals surface area contributed by atoms with Gasteiger partial charge in [-0.05, 0) is 6.92 Å². The second-order valence-corrected chi connectivity index (χ2v) is 4.15. The number of benzene rings is 1. The number of carboxylic acid groups (broad SMARTS) is 1. The first-order valence-corrected chi connectivity index (χ1v) is 6.54. The first-order valence-electron chi connectivity index (χ1n) is 6.54. The molecule has 0 aliphatic rings. The summed E-state index contributed by atoms with van der Waals surface area (Å²) in [4.78, 5) is 21.8. The molecule has 0 saturated carbocycles. The number of carbonyl (C=O) groups is 2. The molecular weight excluding hydrogens is 298 g/mol. The average molecular weight is 318 g/mol. The zero-order valence-corrected chi connectivity index (χ0v) is 12.9. The summed E-state index contributed by atoms with van der Waals surface area (Å²) in [5.41, 5.74) is 9.31. The van der Waals surface area contributed by atoms with Crippen LogP contribution in [0.15, 0.2) is 0 Å². The summed E-state index contributed by atoms with van der Waals surface area (Å²) in [6, 6.07) is -1.43. The van der Waals surface area contributed by atoms with Crippen LogP contribution in [0.1, 0.15) is 35.3 Å². The van der Waals surface area contributed by atoms with Gasteiger partial charge in [-0.15, -0.1) is 0 Å². The molecule has 1 aromatic rings. The molecule has 0 bridgehead atoms. The molecule has 5 N–H and O–H groups in total. The molecule has 8 heteroatoms. The Morgan fingerprint density at radius 3 is 2.14 bits per heavy atom. The number of primary amides is 1. The fraction of sp³-hybridized carbons (Fsp3) is 0.429. The third kappa shape index (κ3) is 3.91. The molecule has 1 aromatic carbocycles. The zero-order chi connectivity index (χ0) is 17.6. The van der Waals surface area contributed by atoms with Crippen LogP contribution in [0.25, 0.3) is 0 Å². The van der Waals surface area contributed by atoms with Crippen molar-refractivity contribution in [2.45, 2.75) is 33.2 Å². The highest BCUT2D eigenvalue weighted by atomic mass is 19.2. The Morgan fingerprint density at radius 1 is 1.27 bits per heavy atom. The third-order valence-electron chi connectivity index (χ3n) is 2.86. The minimum Gasteiger partial charge on any atom is -0.496 e. The van der Waals surface area contributed by atoms with Gasteiger partial charge in [0.2, 0.25) is 0 Å². The SMILES string of the molecule is CC.COc1c(C)c(C(N)=O)c(F)c(F)c1CC(N)C(=O)O. The first-order chi connectivity index (χ1) is 10.2. The highest BCUT2D eigenvalue weighted by Gasteiger charge is 2.28. The maximum Gasteiger partial charge on any atom is 0.320 e. The summed E-state index contributed by atoms with van der Waals surface area (Å²) in [5, 5.41) is 8.72. The molecular formula is C14H20F2N2O4. The Balaban J connectivity index is 0.00000211. The van der Waals surface area contributed by atoms with Crippen molar-refractivity contribution in [3.8, 4) is 5.75 Å². The van der Waals surface area contributed by atoms with E-state index in [4.69, 9.17) is 21.3 Å². The summed E-state index contributed by atoms with van der Waals surface area (Å²) >= 11 is 0. The molecule has 0 spiro atoms. The minimum atomic E-state index is -1.44. The molecule has 0 aliphatic carbocycles. The van der Waals surface area contributed by atoms with Crippen LogP contribution in [0, 0.1) is 18.6 Å². The fourth-order valence-corrected chi connectivity index (χ4v) is 1.91. The van der Waals surface area contributed by atoms with Crippen LogP contribution in [0.2, 0.25) is 0 Å². The molecule has 0 aromatic heterocycles. The number of rotatable bonds is 5. The van der Waals surface area contributed by atoms with E-state index in [-0.39, 0.29) is 16.9 Å². The quantitative estimate of drug-likeness (QED) is 0.758. The van der Waals surface area contributed by atoms with Gasteiger partial charge in [-0.1, -0.05) is 13.8 Å². The molecule has 22 heavy (non-hydrogen) atoms. The molecule has 0 aliphatic heterocycles. The van der Waals surface area contributed by atoms with Crippen LogP contribution in [0.4, 0.5) is 8.78 Å². The van der Waals surface area contributed by atoms with Crippen molar-refractivity contribution in [3.05, 3.63) is 28.3 Å². The van der Waals surface area contributed by atoms with Crippen molar-refractivity contribution in [1.29, 1.82) is 0 Å². The molecule has 124 valence electrons. The van der Waals surface area contributed by atoms with Crippen LogP contribution in [-0.2, 0) is 11.2 Å². The van der Waals surface area contributed by atoms with Gasteiger partial charge in [0.05, 0.1) is 12.7 Å². The Labute approximate surface area is 127 Å². The highest BCUT2D eigenvalue weighted by molar-refractivity contribution is 5.95. The Kier molecular flexibility index (Phi) is 7.44. The van der Waals surface area contributed by atoms with E-state index in [2.05, 4.69) is 0 Å². The van der Waals surface area contributed by atoms with Crippen molar-refractivity contribution in [3.63, 3.8) is 0 Å². The lowest BCUT2D eigenvalue weighted by Gasteiger charge is -2.17. The number of methoxy groups -OCH3 is 1. The van der Waals surface area contributed by atoms with Gasteiger partial charge in [0.1, 0.15) is 11.8 Å². The number of carbonyl (C=O) groups excluding carboxylic acids is 1. The third-order valence-corrected chi connectivity index (χ3v) is 2.86. The van der Waals surface area contributed by atoms with E-state index in [9.17, 15) is 18.4 Å². The number of hydrogen-bond donors (Lipinski definition) is 3. The topological polar surface area (TPSA) is 116 Å². The van der Waals surface area contributed by atoms with Gasteiger partial charge >= 0.3 is 5.97 Å². The van der Waals surface area contributed by atoms with Gasteiger partial charge in [-0.3, -0.25) is 9.59 Å². The van der Waals surface area contributed by atoms with Crippen LogP contribution in [0.3, 0.4) is 0 Å². The predicted molar refractivity (Wildman–Crippen MR) is 76.8 cm³/mol. The van der Waals surface area contributed by atoms with Crippen molar-refractivity contribution >= 4 is 11.9 Å². The first kappa shape index (κ1) is 19.8. The molecule has 1 rings (SSSR count). The Morgan fingerprint density at radius 2 is 1.77 bits per heavy atom. The molecule has 6 nitrogen and oxygen atoms in total. The second kappa shape index (κ2) is 8.28. The largest absolute Gasteiger partial charge is 0.496 e. The van der Waals surface area contributed by atoms with Crippen LogP contribution >= 0.6 is 0 Å². The summed E-state index contributed by atoms with van der Waals surface area (Å²) in [6.07, 6.45) is -0.485. The maximum absolute atomic E-state index is 14.0. The number of amides is 1. The lowest BCUT2D eigenvalue weighted by Crippen LogP contribution is -2.33. The summed E-state index contributed by atoms with van der Waals surface area (Å²) < 4.78 is 32.7. The predicted octanol–water partition coefficient (Wildman–Crippen LogP) is 1.36. The monoisotopic (exact) mass is 318 g/mol. The number of hydrogen-bond acceptors (Lipinski definition) is 4. The van der Waals surface area contributed by atoms with Crippen molar-refractivity contribution < 1.29 is 28.2 Å². The lowest BCUT2D eigenvalue weighted by molar-refractivity contribution is -0.138. The maximum atomic E-state index is 14.0. The minimum absolute atomic E-state index is 0.00788. The normalized spacial score (nSPS) is 11.2. The van der Waals surface area contributed by atoms with Gasteiger partial charge in [0.15, 0.2) is 11.6 Å². The van der Waals surface area contributed by atoms with Crippen molar-refractivity contribution in [1.82, 2.24) is 0 Å². The Bertz CT molecular complexity index is 577. The molecule has 1 atom stereocenters. The van der Waals surface area contributed by atoms with E-state index >= 15 is 0 Å². The van der Waals surface area contributed by atoms with Crippen LogP contribution < -0.4 is 16.2 Å². The highest BCUT2D eigenvalue weighted by Crippen LogP contribution is 2.32. The van der Waals surface area contributed by atoms with Crippen molar-refractivity contribution in [2.75, 3.05) is 7.11 Å². The smallest absolute Gasteiger partial charge is 0.320 e. The number of nitrogens with two attached hydrogens (primary N) is 2. The van der Waals surface area contributed by atoms with E-state index < -0.39 is 41.5 Å². The number of carboxylic acids is 1. The number of halogens is 2. The second-order valence-electron chi connectivity index (χ2n) is 4.15. The molecule has 1 amide bonds. The van der Waals surface area contributed by atoms with Gasteiger partial charge in [-0.2, -0.15) is 0 Å². The molecule has 1 unspecified atom stereocenters. The van der Waals surface area contributed by atoms with E-state index in [0.717, 1.165) is 0 Å². The summed E-state index contributed by atoms with van der Waals surface area (Å²) in [5.74, 6) is -5.49. The molecule has 0 saturated heterocycles. The van der Waals surface area contributed by atoms with E-state index in [0.29, 0.717) is 0 Å². The standard InChI is InChI=1S/C12H14F2N2O4.C2H6/c1-4-7(11(16)17)9(14)8(13)5(10(4)20-2)3-6(15)12(18)19;1-2/h6H,3,15H2,1-2H3,(H2,16,17)(H,18,19);1-2H3. The fourth-order valence-electron chi connectivity index (χ4n) is 1.91. The van der Waals surface area contributed by atoms with Crippen LogP contribution in [0.5, 0.6) is 5.75 Å². The van der Waals surface area contributed by atoms with E-state index in [1.807, 2.05) is 13.8 Å². The molecule has 0 radical (unpaired) electrons. The van der Waals surface area contributed by atoms with Gasteiger partial charge < -0.3 is 21.3 Å². The zero-order valence-electron chi connectivity index (χ0n) is 12.9. The summed E-state index contributed by atoms with van der Waals surface area (Å²) in [7, 11) is 1.18.